The maximum Gasteiger partial charge on any atom is 3.00 e. The van der Waals surface area contributed by atoms with Crippen LogP contribution in [0.5, 0.6) is 0 Å². The molecule has 0 spiro atoms. The van der Waals surface area contributed by atoms with Gasteiger partial charge >= 0.3 is 21.7 Å². The molecule has 0 heterocycles. The van der Waals surface area contributed by atoms with Gasteiger partial charge in [-0.2, -0.15) is 6.08 Å². The fraction of sp³-hybridized carbons (Fsp3) is 0.556. The van der Waals surface area contributed by atoms with E-state index in [0.29, 0.717) is 5.92 Å². The van der Waals surface area contributed by atoms with Crippen LogP contribution in [0.25, 0.3) is 0 Å². The SMILES string of the molecule is CCC(C)C1=[C-]CC=C1.[Cl-].[Cl-].[Ti+3]. The van der Waals surface area contributed by atoms with E-state index in [1.807, 2.05) is 0 Å². The second kappa shape index (κ2) is 9.86. The summed E-state index contributed by atoms with van der Waals surface area (Å²) in [6, 6.07) is 0. The molecule has 0 bridgehead atoms. The van der Waals surface area contributed by atoms with Crippen molar-refractivity contribution in [1.82, 2.24) is 0 Å². The van der Waals surface area contributed by atoms with Crippen LogP contribution in [0.1, 0.15) is 26.7 Å². The quantitative estimate of drug-likeness (QED) is 0.351. The van der Waals surface area contributed by atoms with E-state index in [1.165, 1.54) is 12.0 Å². The molecule has 0 fully saturated rings. The Morgan fingerprint density at radius 1 is 1.50 bits per heavy atom. The van der Waals surface area contributed by atoms with Crippen LogP contribution in [0.15, 0.2) is 17.7 Å². The van der Waals surface area contributed by atoms with Crippen LogP contribution in [-0.4, -0.2) is 0 Å². The smallest absolute Gasteiger partial charge is 1.00 e. The summed E-state index contributed by atoms with van der Waals surface area (Å²) in [6.45, 7) is 4.46. The van der Waals surface area contributed by atoms with Crippen molar-refractivity contribution in [3.05, 3.63) is 23.8 Å². The van der Waals surface area contributed by atoms with E-state index in [4.69, 9.17) is 0 Å². The summed E-state index contributed by atoms with van der Waals surface area (Å²) >= 11 is 0. The molecule has 1 unspecified atom stereocenters. The summed E-state index contributed by atoms with van der Waals surface area (Å²) in [7, 11) is 0. The van der Waals surface area contributed by atoms with Gasteiger partial charge in [0.15, 0.2) is 0 Å². The van der Waals surface area contributed by atoms with Crippen molar-refractivity contribution in [3.63, 3.8) is 0 Å². The Hall–Kier alpha value is 0.774. The third kappa shape index (κ3) is 5.43. The Balaban J connectivity index is -0.000000270. The summed E-state index contributed by atoms with van der Waals surface area (Å²) in [5, 5.41) is 0. The molecule has 0 aromatic rings. The zero-order valence-corrected chi connectivity index (χ0v) is 10.5. The van der Waals surface area contributed by atoms with Crippen molar-refractivity contribution in [1.29, 1.82) is 0 Å². The molecule has 0 saturated heterocycles. The first-order valence-electron chi connectivity index (χ1n) is 3.62. The van der Waals surface area contributed by atoms with E-state index in [-0.39, 0.29) is 46.5 Å². The minimum absolute atomic E-state index is 0. The van der Waals surface area contributed by atoms with Crippen LogP contribution < -0.4 is 24.8 Å². The summed E-state index contributed by atoms with van der Waals surface area (Å²) in [5.41, 5.74) is 1.40. The van der Waals surface area contributed by atoms with Gasteiger partial charge in [0.05, 0.1) is 0 Å². The molecule has 1 aliphatic rings. The van der Waals surface area contributed by atoms with E-state index in [9.17, 15) is 0 Å². The molecule has 0 nitrogen and oxygen atoms in total. The van der Waals surface area contributed by atoms with Gasteiger partial charge in [-0.05, 0) is 0 Å². The average Bonchev–Trinajstić information content (AvgIpc) is 2.37. The molecule has 1 radical (unpaired) electrons. The molecule has 0 N–H and O–H groups in total. The van der Waals surface area contributed by atoms with Crippen molar-refractivity contribution in [2.75, 3.05) is 0 Å². The van der Waals surface area contributed by atoms with Gasteiger partial charge in [-0.1, -0.05) is 26.2 Å². The fourth-order valence-corrected chi connectivity index (χ4v) is 0.980. The summed E-state index contributed by atoms with van der Waals surface area (Å²) in [5.74, 6) is 0.712. The molecule has 0 aromatic heterocycles. The molecule has 0 amide bonds. The molecule has 1 aliphatic carbocycles. The summed E-state index contributed by atoms with van der Waals surface area (Å²) in [4.78, 5) is 0. The fourth-order valence-electron chi connectivity index (χ4n) is 0.980. The van der Waals surface area contributed by atoms with Crippen LogP contribution in [0, 0.1) is 12.0 Å². The van der Waals surface area contributed by atoms with Crippen LogP contribution in [0.3, 0.4) is 0 Å². The van der Waals surface area contributed by atoms with E-state index in [1.54, 1.807) is 0 Å². The van der Waals surface area contributed by atoms with Gasteiger partial charge in [-0.15, -0.1) is 6.42 Å². The minimum Gasteiger partial charge on any atom is -1.00 e. The second-order valence-electron chi connectivity index (χ2n) is 2.55. The maximum absolute atomic E-state index is 3.31. The average molecular weight is 240 g/mol. The van der Waals surface area contributed by atoms with E-state index in [2.05, 4.69) is 32.1 Å². The van der Waals surface area contributed by atoms with Gasteiger partial charge in [0, 0.05) is 0 Å². The van der Waals surface area contributed by atoms with Crippen molar-refractivity contribution in [2.45, 2.75) is 26.7 Å². The van der Waals surface area contributed by atoms with Crippen molar-refractivity contribution in [2.24, 2.45) is 5.92 Å². The van der Waals surface area contributed by atoms with Gasteiger partial charge in [0.1, 0.15) is 0 Å². The zero-order chi connectivity index (χ0) is 6.69. The molecular formula is C9H13Cl2Ti. The van der Waals surface area contributed by atoms with E-state index >= 15 is 0 Å². The number of halogens is 2. The van der Waals surface area contributed by atoms with Crippen LogP contribution in [-0.2, 0) is 21.7 Å². The topological polar surface area (TPSA) is 0 Å². The zero-order valence-electron chi connectivity index (χ0n) is 7.40. The number of hydrogen-bond donors (Lipinski definition) is 0. The van der Waals surface area contributed by atoms with Gasteiger partial charge in [0.25, 0.3) is 0 Å². The first-order chi connectivity index (χ1) is 4.34. The number of rotatable bonds is 2. The molecule has 1 atom stereocenters. The van der Waals surface area contributed by atoms with Crippen molar-refractivity contribution < 1.29 is 46.5 Å². The Bertz CT molecular complexity index is 153. The monoisotopic (exact) mass is 239 g/mol. The van der Waals surface area contributed by atoms with Crippen molar-refractivity contribution >= 4 is 0 Å². The predicted octanol–water partition coefficient (Wildman–Crippen LogP) is -3.27. The van der Waals surface area contributed by atoms with Crippen LogP contribution in [0.4, 0.5) is 0 Å². The second-order valence-corrected chi connectivity index (χ2v) is 2.55. The maximum atomic E-state index is 3.31. The van der Waals surface area contributed by atoms with Crippen LogP contribution in [0.2, 0.25) is 0 Å². The van der Waals surface area contributed by atoms with Gasteiger partial charge < -0.3 is 24.8 Å². The molecule has 0 saturated carbocycles. The Morgan fingerprint density at radius 2 is 2.08 bits per heavy atom. The molecule has 3 heteroatoms. The Morgan fingerprint density at radius 3 is 2.42 bits per heavy atom. The molecule has 1 rings (SSSR count). The van der Waals surface area contributed by atoms with Crippen LogP contribution >= 0.6 is 0 Å². The molecule has 12 heavy (non-hydrogen) atoms. The first kappa shape index (κ1) is 18.5. The minimum atomic E-state index is 0. The molecular weight excluding hydrogens is 227 g/mol. The third-order valence-corrected chi connectivity index (χ3v) is 1.86. The largest absolute Gasteiger partial charge is 3.00 e. The third-order valence-electron chi connectivity index (χ3n) is 1.86. The van der Waals surface area contributed by atoms with E-state index in [0.717, 1.165) is 6.42 Å². The normalized spacial score (nSPS) is 15.0. The van der Waals surface area contributed by atoms with E-state index < -0.39 is 0 Å². The summed E-state index contributed by atoms with van der Waals surface area (Å²) < 4.78 is 0. The summed E-state index contributed by atoms with van der Waals surface area (Å²) in [6.07, 6.45) is 9.93. The molecule has 0 aromatic carbocycles. The first-order valence-corrected chi connectivity index (χ1v) is 3.62. The molecule has 0 aliphatic heterocycles. The van der Waals surface area contributed by atoms with Gasteiger partial charge in [-0.25, -0.2) is 11.6 Å². The predicted molar refractivity (Wildman–Crippen MR) is 40.0 cm³/mol. The van der Waals surface area contributed by atoms with Gasteiger partial charge in [0.2, 0.25) is 0 Å². The van der Waals surface area contributed by atoms with Gasteiger partial charge in [-0.3, -0.25) is 6.08 Å². The molecule has 67 valence electrons. The standard InChI is InChI=1S/C9H13.2ClH.Ti/c1-3-8(2)9-6-4-5-7-9;;;/h4,6,8H,3,5H2,1-2H3;2*1H;/q-1;;;+3/p-2. The Kier molecular flexibility index (Phi) is 15.2. The number of hydrogen-bond acceptors (Lipinski definition) is 0. The van der Waals surface area contributed by atoms with Crippen molar-refractivity contribution in [3.8, 4) is 0 Å². The number of allylic oxidation sites excluding steroid dienone is 4. The Labute approximate surface area is 103 Å².